The average molecular weight is 466 g/mol. The van der Waals surface area contributed by atoms with E-state index in [1.165, 1.54) is 23.1 Å². The van der Waals surface area contributed by atoms with Gasteiger partial charge >= 0.3 is 5.97 Å². The fraction of sp³-hybridized carbons (Fsp3) is 0.0435. The topological polar surface area (TPSA) is 91.6 Å². The normalized spacial score (nSPS) is 15.2. The first kappa shape index (κ1) is 21.5. The highest BCUT2D eigenvalue weighted by atomic mass is 35.5. The Morgan fingerprint density at radius 1 is 1.09 bits per heavy atom. The van der Waals surface area contributed by atoms with E-state index in [4.69, 9.17) is 28.9 Å². The molecular formula is C23H16ClN3O4S. The van der Waals surface area contributed by atoms with E-state index in [9.17, 15) is 14.4 Å². The van der Waals surface area contributed by atoms with E-state index >= 15 is 0 Å². The Morgan fingerprint density at radius 3 is 2.50 bits per heavy atom. The first-order chi connectivity index (χ1) is 15.3. The van der Waals surface area contributed by atoms with Crippen molar-refractivity contribution in [2.75, 3.05) is 4.90 Å². The molecule has 2 heterocycles. The van der Waals surface area contributed by atoms with Gasteiger partial charge in [0.1, 0.15) is 5.57 Å². The Bertz CT molecular complexity index is 1310. The summed E-state index contributed by atoms with van der Waals surface area (Å²) in [5, 5.41) is 12.1. The molecule has 0 atom stereocenters. The van der Waals surface area contributed by atoms with E-state index in [2.05, 4.69) is 5.32 Å². The second-order valence-corrected chi connectivity index (χ2v) is 7.79. The fourth-order valence-electron chi connectivity index (χ4n) is 3.37. The smallest absolute Gasteiger partial charge is 0.335 e. The first-order valence-corrected chi connectivity index (χ1v) is 10.2. The third kappa shape index (κ3) is 3.81. The van der Waals surface area contributed by atoms with Crippen LogP contribution in [-0.2, 0) is 9.59 Å². The van der Waals surface area contributed by atoms with Gasteiger partial charge in [-0.3, -0.25) is 19.8 Å². The minimum absolute atomic E-state index is 0.0258. The summed E-state index contributed by atoms with van der Waals surface area (Å²) in [6.45, 7) is 1.76. The number of hydrogen-bond donors (Lipinski definition) is 2. The lowest BCUT2D eigenvalue weighted by molar-refractivity contribution is -0.122. The molecule has 0 unspecified atom stereocenters. The number of rotatable bonds is 4. The van der Waals surface area contributed by atoms with Gasteiger partial charge in [-0.1, -0.05) is 17.7 Å². The molecule has 0 bridgehead atoms. The molecule has 0 radical (unpaired) electrons. The molecule has 9 heteroatoms. The van der Waals surface area contributed by atoms with Crippen molar-refractivity contribution >= 4 is 58.5 Å². The lowest BCUT2D eigenvalue weighted by Gasteiger charge is -2.30. The van der Waals surface area contributed by atoms with E-state index in [0.29, 0.717) is 27.7 Å². The van der Waals surface area contributed by atoms with Gasteiger partial charge in [-0.15, -0.1) is 0 Å². The Morgan fingerprint density at radius 2 is 1.81 bits per heavy atom. The van der Waals surface area contributed by atoms with E-state index in [1.807, 2.05) is 0 Å². The molecule has 2 aromatic carbocycles. The predicted octanol–water partition coefficient (Wildman–Crippen LogP) is 3.97. The van der Waals surface area contributed by atoms with Crippen LogP contribution in [0.1, 0.15) is 21.6 Å². The predicted molar refractivity (Wildman–Crippen MR) is 125 cm³/mol. The Hall–Kier alpha value is -3.75. The molecule has 0 saturated carbocycles. The molecule has 4 rings (SSSR count). The highest BCUT2D eigenvalue weighted by Gasteiger charge is 2.35. The summed E-state index contributed by atoms with van der Waals surface area (Å²) >= 11 is 11.5. The zero-order valence-corrected chi connectivity index (χ0v) is 18.3. The number of nitrogens with zero attached hydrogens (tertiary/aromatic N) is 2. The van der Waals surface area contributed by atoms with Crippen molar-refractivity contribution in [1.82, 2.24) is 9.88 Å². The van der Waals surface area contributed by atoms with Crippen molar-refractivity contribution in [3.8, 4) is 5.69 Å². The minimum atomic E-state index is -1.02. The molecule has 1 aliphatic rings. The van der Waals surface area contributed by atoms with E-state index < -0.39 is 17.8 Å². The third-order valence-electron chi connectivity index (χ3n) is 5.05. The number of amides is 2. The monoisotopic (exact) mass is 465 g/mol. The minimum Gasteiger partial charge on any atom is -0.478 e. The van der Waals surface area contributed by atoms with Crippen molar-refractivity contribution in [1.29, 1.82) is 0 Å². The summed E-state index contributed by atoms with van der Waals surface area (Å²) in [5.74, 6) is -2.20. The van der Waals surface area contributed by atoms with Crippen LogP contribution in [0.25, 0.3) is 11.8 Å². The Labute approximate surface area is 193 Å². The van der Waals surface area contributed by atoms with Crippen molar-refractivity contribution < 1.29 is 19.5 Å². The van der Waals surface area contributed by atoms with Gasteiger partial charge in [-0.25, -0.2) is 4.79 Å². The second-order valence-electron chi connectivity index (χ2n) is 7.00. The van der Waals surface area contributed by atoms with Crippen molar-refractivity contribution in [3.05, 3.63) is 88.2 Å². The van der Waals surface area contributed by atoms with Crippen molar-refractivity contribution in [2.24, 2.45) is 0 Å². The van der Waals surface area contributed by atoms with Gasteiger partial charge in [0.15, 0.2) is 5.11 Å². The molecule has 1 aromatic heterocycles. The van der Waals surface area contributed by atoms with E-state index in [1.54, 1.807) is 60.2 Å². The number of benzene rings is 2. The number of nitrogens with one attached hydrogen (secondary N) is 1. The molecule has 1 saturated heterocycles. The lowest BCUT2D eigenvalue weighted by atomic mass is 10.1. The maximum Gasteiger partial charge on any atom is 0.335 e. The molecule has 32 heavy (non-hydrogen) atoms. The number of carboxylic acids is 1. The quantitative estimate of drug-likeness (QED) is 0.345. The van der Waals surface area contributed by atoms with Crippen LogP contribution >= 0.6 is 23.8 Å². The maximum atomic E-state index is 13.3. The van der Waals surface area contributed by atoms with Crippen molar-refractivity contribution in [3.63, 3.8) is 0 Å². The summed E-state index contributed by atoms with van der Waals surface area (Å²) in [4.78, 5) is 38.3. The summed E-state index contributed by atoms with van der Waals surface area (Å²) in [7, 11) is 0. The molecule has 0 spiro atoms. The molecular weight excluding hydrogens is 450 g/mol. The second kappa shape index (κ2) is 8.41. The molecule has 7 nitrogen and oxygen atoms in total. The number of carbonyl (C=O) groups is 3. The van der Waals surface area contributed by atoms with Gasteiger partial charge in [-0.2, -0.15) is 0 Å². The Kier molecular flexibility index (Phi) is 5.65. The molecule has 1 fully saturated rings. The van der Waals surface area contributed by atoms with E-state index in [-0.39, 0.29) is 16.2 Å². The van der Waals surface area contributed by atoms with Crippen molar-refractivity contribution in [2.45, 2.75) is 6.92 Å². The molecule has 2 N–H and O–H groups in total. The summed E-state index contributed by atoms with van der Waals surface area (Å²) in [6.07, 6.45) is 3.22. The van der Waals surface area contributed by atoms with Gasteiger partial charge in [0.05, 0.1) is 11.3 Å². The fourth-order valence-corrected chi connectivity index (χ4v) is 3.82. The number of carbonyl (C=O) groups excluding carboxylic acids is 2. The largest absolute Gasteiger partial charge is 0.478 e. The molecule has 160 valence electrons. The summed E-state index contributed by atoms with van der Waals surface area (Å²) in [5.41, 5.74) is 2.43. The zero-order valence-electron chi connectivity index (χ0n) is 16.7. The highest BCUT2D eigenvalue weighted by molar-refractivity contribution is 7.80. The van der Waals surface area contributed by atoms with Crippen LogP contribution < -0.4 is 10.2 Å². The standard InChI is InChI=1S/C23H16ClN3O4S/c1-13-18(24)5-2-6-19(13)27-21(29)17(20(28)25-23(27)32)12-16-4-3-11-26(16)15-9-7-14(8-10-15)22(30)31/h2-12H,1H3,(H,30,31)(H,25,28,32). The summed E-state index contributed by atoms with van der Waals surface area (Å²) < 4.78 is 1.74. The van der Waals surface area contributed by atoms with Gasteiger partial charge in [0.2, 0.25) is 0 Å². The number of anilines is 1. The SMILES string of the molecule is Cc1c(Cl)cccc1N1C(=O)C(=Cc2cccn2-c2ccc(C(=O)O)cc2)C(=O)NC1=S. The number of halogens is 1. The van der Waals surface area contributed by atoms with Crippen LogP contribution in [-0.4, -0.2) is 32.6 Å². The number of carboxylic acid groups (broad SMARTS) is 1. The van der Waals surface area contributed by atoms with Crippen LogP contribution in [0.15, 0.2) is 66.4 Å². The van der Waals surface area contributed by atoms with Gasteiger partial charge < -0.3 is 9.67 Å². The molecule has 1 aliphatic heterocycles. The highest BCUT2D eigenvalue weighted by Crippen LogP contribution is 2.30. The Balaban J connectivity index is 1.74. The summed E-state index contributed by atoms with van der Waals surface area (Å²) in [6, 6.07) is 14.8. The molecule has 2 amide bonds. The lowest BCUT2D eigenvalue weighted by Crippen LogP contribution is -2.54. The zero-order chi connectivity index (χ0) is 23.0. The van der Waals surface area contributed by atoms with Crippen LogP contribution in [0.3, 0.4) is 0 Å². The number of aromatic carboxylic acids is 1. The van der Waals surface area contributed by atoms with Gasteiger partial charge in [0.25, 0.3) is 11.8 Å². The molecule has 0 aliphatic carbocycles. The van der Waals surface area contributed by atoms with Gasteiger partial charge in [-0.05, 0) is 79.3 Å². The molecule has 3 aromatic rings. The van der Waals surface area contributed by atoms with Crippen LogP contribution in [0.4, 0.5) is 5.69 Å². The third-order valence-corrected chi connectivity index (χ3v) is 5.74. The average Bonchev–Trinajstić information content (AvgIpc) is 3.22. The van der Waals surface area contributed by atoms with Crippen LogP contribution in [0.5, 0.6) is 0 Å². The first-order valence-electron chi connectivity index (χ1n) is 9.45. The number of hydrogen-bond acceptors (Lipinski definition) is 4. The number of aromatic nitrogens is 1. The number of thiocarbonyl (C=S) groups is 1. The van der Waals surface area contributed by atoms with Crippen LogP contribution in [0.2, 0.25) is 5.02 Å². The van der Waals surface area contributed by atoms with Crippen LogP contribution in [0, 0.1) is 6.92 Å². The maximum absolute atomic E-state index is 13.3. The van der Waals surface area contributed by atoms with Gasteiger partial charge in [0, 0.05) is 22.6 Å². The van der Waals surface area contributed by atoms with E-state index in [0.717, 1.165) is 0 Å².